The molecule has 0 unspecified atom stereocenters. The molecular weight excluding hydrogens is 255 g/mol. The highest BCUT2D eigenvalue weighted by atomic mass is 35.5. The summed E-state index contributed by atoms with van der Waals surface area (Å²) in [7, 11) is 0. The summed E-state index contributed by atoms with van der Waals surface area (Å²) < 4.78 is 18.6. The smallest absolute Gasteiger partial charge is 0.222 e. The van der Waals surface area contributed by atoms with Gasteiger partial charge in [-0.05, 0) is 31.2 Å². The maximum atomic E-state index is 13.0. The molecule has 1 aromatic heterocycles. The molecule has 0 aliphatic heterocycles. The summed E-state index contributed by atoms with van der Waals surface area (Å²) in [6.45, 7) is 0.506. The number of aromatic nitrogens is 1. The monoisotopic (exact) mass is 266 g/mol. The Morgan fingerprint density at radius 2 is 2.17 bits per heavy atom. The van der Waals surface area contributed by atoms with Crippen LogP contribution in [0.1, 0.15) is 5.56 Å². The molecule has 1 aromatic carbocycles. The van der Waals surface area contributed by atoms with Gasteiger partial charge in [0.05, 0.1) is 5.02 Å². The normalized spacial score (nSPS) is 10.4. The summed E-state index contributed by atoms with van der Waals surface area (Å²) >= 11 is 5.69. The van der Waals surface area contributed by atoms with E-state index in [1.807, 2.05) is 12.1 Å². The Bertz CT molecular complexity index is 548. The predicted octanol–water partition coefficient (Wildman–Crippen LogP) is 3.17. The van der Waals surface area contributed by atoms with Crippen molar-refractivity contribution in [3.8, 4) is 11.6 Å². The average Bonchev–Trinajstić information content (AvgIpc) is 2.37. The number of pyridine rings is 1. The first-order valence-electron chi connectivity index (χ1n) is 5.47. The first-order chi connectivity index (χ1) is 8.70. The van der Waals surface area contributed by atoms with Crippen LogP contribution in [0.15, 0.2) is 36.5 Å². The first kappa shape index (κ1) is 12.8. The Kier molecular flexibility index (Phi) is 4.12. The second-order valence-corrected chi connectivity index (χ2v) is 4.09. The summed E-state index contributed by atoms with van der Waals surface area (Å²) in [5, 5.41) is 0.0174. The average molecular weight is 267 g/mol. The maximum absolute atomic E-state index is 13.0. The molecule has 0 aliphatic rings. The van der Waals surface area contributed by atoms with E-state index in [-0.39, 0.29) is 5.02 Å². The minimum atomic E-state index is -0.479. The van der Waals surface area contributed by atoms with Crippen LogP contribution < -0.4 is 10.5 Å². The number of benzene rings is 1. The fourth-order valence-corrected chi connectivity index (χ4v) is 1.68. The van der Waals surface area contributed by atoms with Crippen molar-refractivity contribution >= 4 is 11.6 Å². The lowest BCUT2D eigenvalue weighted by molar-refractivity contribution is 0.454. The van der Waals surface area contributed by atoms with Gasteiger partial charge >= 0.3 is 0 Å². The summed E-state index contributed by atoms with van der Waals surface area (Å²) in [5.41, 5.74) is 6.42. The van der Waals surface area contributed by atoms with Crippen LogP contribution in [0.2, 0.25) is 5.02 Å². The van der Waals surface area contributed by atoms with Crippen molar-refractivity contribution in [2.75, 3.05) is 6.54 Å². The van der Waals surface area contributed by atoms with Gasteiger partial charge in [-0.3, -0.25) is 0 Å². The van der Waals surface area contributed by atoms with Gasteiger partial charge in [-0.1, -0.05) is 17.7 Å². The fraction of sp³-hybridized carbons (Fsp3) is 0.154. The second kappa shape index (κ2) is 5.80. The van der Waals surface area contributed by atoms with Gasteiger partial charge in [0.15, 0.2) is 0 Å². The number of halogens is 2. The maximum Gasteiger partial charge on any atom is 0.222 e. The SMILES string of the molecule is NCCc1cccnc1Oc1ccc(F)c(Cl)c1. The third-order valence-corrected chi connectivity index (χ3v) is 2.66. The lowest BCUT2D eigenvalue weighted by Gasteiger charge is -2.09. The van der Waals surface area contributed by atoms with Crippen LogP contribution in [0.4, 0.5) is 4.39 Å². The highest BCUT2D eigenvalue weighted by molar-refractivity contribution is 6.30. The predicted molar refractivity (Wildman–Crippen MR) is 68.5 cm³/mol. The van der Waals surface area contributed by atoms with E-state index in [0.717, 1.165) is 5.56 Å². The van der Waals surface area contributed by atoms with E-state index < -0.39 is 5.82 Å². The molecule has 0 saturated heterocycles. The zero-order valence-electron chi connectivity index (χ0n) is 9.57. The summed E-state index contributed by atoms with van der Waals surface area (Å²) in [4.78, 5) is 4.13. The number of nitrogens with zero attached hydrogens (tertiary/aromatic N) is 1. The van der Waals surface area contributed by atoms with Crippen LogP contribution >= 0.6 is 11.6 Å². The van der Waals surface area contributed by atoms with Gasteiger partial charge in [-0.15, -0.1) is 0 Å². The largest absolute Gasteiger partial charge is 0.439 e. The Labute approximate surface area is 109 Å². The van der Waals surface area contributed by atoms with Crippen LogP contribution in [0.25, 0.3) is 0 Å². The number of rotatable bonds is 4. The quantitative estimate of drug-likeness (QED) is 0.925. The van der Waals surface area contributed by atoms with Crippen molar-refractivity contribution in [1.82, 2.24) is 4.98 Å². The van der Waals surface area contributed by atoms with Crippen LogP contribution in [0.5, 0.6) is 11.6 Å². The Morgan fingerprint density at radius 1 is 1.33 bits per heavy atom. The van der Waals surface area contributed by atoms with Crippen LogP contribution in [0.3, 0.4) is 0 Å². The summed E-state index contributed by atoms with van der Waals surface area (Å²) in [6, 6.07) is 7.87. The Balaban J connectivity index is 2.25. The van der Waals surface area contributed by atoms with Crippen molar-refractivity contribution in [2.24, 2.45) is 5.73 Å². The zero-order chi connectivity index (χ0) is 13.0. The molecule has 2 N–H and O–H groups in total. The van der Waals surface area contributed by atoms with E-state index in [2.05, 4.69) is 4.98 Å². The molecule has 0 fully saturated rings. The van der Waals surface area contributed by atoms with E-state index in [9.17, 15) is 4.39 Å². The van der Waals surface area contributed by atoms with Crippen molar-refractivity contribution < 1.29 is 9.13 Å². The molecule has 0 amide bonds. The van der Waals surface area contributed by atoms with Crippen molar-refractivity contribution in [1.29, 1.82) is 0 Å². The van der Waals surface area contributed by atoms with Crippen LogP contribution in [-0.4, -0.2) is 11.5 Å². The lowest BCUT2D eigenvalue weighted by Crippen LogP contribution is -2.04. The topological polar surface area (TPSA) is 48.1 Å². The molecule has 0 aliphatic carbocycles. The molecule has 1 heterocycles. The van der Waals surface area contributed by atoms with Gasteiger partial charge in [-0.2, -0.15) is 0 Å². The minimum absolute atomic E-state index is 0.0174. The molecule has 0 saturated carbocycles. The third-order valence-electron chi connectivity index (χ3n) is 2.37. The molecule has 2 rings (SSSR count). The van der Waals surface area contributed by atoms with Crippen molar-refractivity contribution in [2.45, 2.75) is 6.42 Å². The molecule has 5 heteroatoms. The molecule has 18 heavy (non-hydrogen) atoms. The van der Waals surface area contributed by atoms with Crippen molar-refractivity contribution in [3.05, 3.63) is 52.9 Å². The summed E-state index contributed by atoms with van der Waals surface area (Å²) in [6.07, 6.45) is 2.29. The highest BCUT2D eigenvalue weighted by Gasteiger charge is 2.07. The van der Waals surface area contributed by atoms with E-state index in [0.29, 0.717) is 24.6 Å². The van der Waals surface area contributed by atoms with Gasteiger partial charge in [0.1, 0.15) is 11.6 Å². The zero-order valence-corrected chi connectivity index (χ0v) is 10.3. The second-order valence-electron chi connectivity index (χ2n) is 3.68. The van der Waals surface area contributed by atoms with Gasteiger partial charge in [-0.25, -0.2) is 9.37 Å². The standard InChI is InChI=1S/C13H12ClFN2O/c14-11-8-10(3-4-12(11)15)18-13-9(5-6-16)2-1-7-17-13/h1-4,7-8H,5-6,16H2. The van der Waals surface area contributed by atoms with Gasteiger partial charge in [0.25, 0.3) is 0 Å². The van der Waals surface area contributed by atoms with E-state index in [1.165, 1.54) is 18.2 Å². The van der Waals surface area contributed by atoms with E-state index >= 15 is 0 Å². The lowest BCUT2D eigenvalue weighted by atomic mass is 10.2. The molecule has 94 valence electrons. The Morgan fingerprint density at radius 3 is 2.89 bits per heavy atom. The molecular formula is C13H12ClFN2O. The van der Waals surface area contributed by atoms with Gasteiger partial charge < -0.3 is 10.5 Å². The Hall–Kier alpha value is -1.65. The molecule has 3 nitrogen and oxygen atoms in total. The van der Waals surface area contributed by atoms with Gasteiger partial charge in [0, 0.05) is 17.8 Å². The molecule has 0 atom stereocenters. The molecule has 2 aromatic rings. The first-order valence-corrected chi connectivity index (χ1v) is 5.85. The van der Waals surface area contributed by atoms with Crippen LogP contribution in [-0.2, 0) is 6.42 Å². The van der Waals surface area contributed by atoms with E-state index in [4.69, 9.17) is 22.1 Å². The number of hydrogen-bond acceptors (Lipinski definition) is 3. The fourth-order valence-electron chi connectivity index (χ4n) is 1.51. The van der Waals surface area contributed by atoms with Crippen molar-refractivity contribution in [3.63, 3.8) is 0 Å². The molecule has 0 bridgehead atoms. The van der Waals surface area contributed by atoms with E-state index in [1.54, 1.807) is 6.20 Å². The number of ether oxygens (including phenoxy) is 1. The number of hydrogen-bond donors (Lipinski definition) is 1. The van der Waals surface area contributed by atoms with Crippen LogP contribution in [0, 0.1) is 5.82 Å². The molecule has 0 spiro atoms. The number of nitrogens with two attached hydrogens (primary N) is 1. The minimum Gasteiger partial charge on any atom is -0.439 e. The van der Waals surface area contributed by atoms with Gasteiger partial charge in [0.2, 0.25) is 5.88 Å². The molecule has 0 radical (unpaired) electrons. The summed E-state index contributed by atoms with van der Waals surface area (Å²) in [5.74, 6) is 0.427. The third kappa shape index (κ3) is 2.97. The highest BCUT2D eigenvalue weighted by Crippen LogP contribution is 2.26.